The monoisotopic (exact) mass is 324 g/mol. The molecule has 6 nitrogen and oxygen atoms in total. The van der Waals surface area contributed by atoms with Gasteiger partial charge in [-0.3, -0.25) is 10.1 Å². The van der Waals surface area contributed by atoms with Crippen molar-refractivity contribution in [2.75, 3.05) is 25.4 Å². The molecule has 0 radical (unpaired) electrons. The Bertz CT molecular complexity index is 556. The molecule has 0 fully saturated rings. The Kier molecular flexibility index (Phi) is 7.62. The maximum absolute atomic E-state index is 11.2. The van der Waals surface area contributed by atoms with Crippen molar-refractivity contribution >= 4 is 29.5 Å². The first-order valence-electron chi connectivity index (χ1n) is 7.02. The number of aliphatic carboxylic acids is 1. The van der Waals surface area contributed by atoms with Crippen LogP contribution in [0.3, 0.4) is 0 Å². The van der Waals surface area contributed by atoms with Crippen LogP contribution in [0.2, 0.25) is 0 Å². The highest BCUT2D eigenvalue weighted by Crippen LogP contribution is 2.30. The molecule has 0 saturated carbocycles. The maximum Gasteiger partial charge on any atom is 0.328 e. The first-order chi connectivity index (χ1) is 10.5. The molecule has 0 aliphatic carbocycles. The molecule has 0 bridgehead atoms. The third-order valence-electron chi connectivity index (χ3n) is 3.16. The Hall–Kier alpha value is -1.86. The van der Waals surface area contributed by atoms with E-state index in [-0.39, 0.29) is 5.69 Å². The molecule has 0 heterocycles. The molecule has 0 aromatic heterocycles. The molecule has 1 aromatic carbocycles. The molecule has 0 atom stereocenters. The average Bonchev–Trinajstić information content (AvgIpc) is 2.50. The second kappa shape index (κ2) is 9.22. The Morgan fingerprint density at radius 3 is 2.64 bits per heavy atom. The van der Waals surface area contributed by atoms with Gasteiger partial charge >= 0.3 is 5.97 Å². The van der Waals surface area contributed by atoms with Crippen LogP contribution in [0.25, 0.3) is 6.08 Å². The molecule has 0 spiro atoms. The van der Waals surface area contributed by atoms with Crippen LogP contribution in [0.4, 0.5) is 5.69 Å². The number of thioether (sulfide) groups is 1. The molecule has 0 aliphatic rings. The number of nitrogens with zero attached hydrogens (tertiary/aromatic N) is 2. The number of nitro groups is 1. The van der Waals surface area contributed by atoms with Crippen LogP contribution in [-0.4, -0.2) is 46.3 Å². The zero-order valence-corrected chi connectivity index (χ0v) is 13.5. The highest BCUT2D eigenvalue weighted by Gasteiger charge is 2.14. The predicted octanol–water partition coefficient (Wildman–Crippen LogP) is 3.13. The summed E-state index contributed by atoms with van der Waals surface area (Å²) in [6.45, 7) is 6.95. The minimum atomic E-state index is -1.08. The van der Waals surface area contributed by atoms with Crippen molar-refractivity contribution < 1.29 is 14.8 Å². The van der Waals surface area contributed by atoms with E-state index in [1.165, 1.54) is 23.9 Å². The van der Waals surface area contributed by atoms with Gasteiger partial charge in [0, 0.05) is 24.4 Å². The van der Waals surface area contributed by atoms with Gasteiger partial charge in [-0.05, 0) is 30.8 Å². The fourth-order valence-corrected chi connectivity index (χ4v) is 2.91. The van der Waals surface area contributed by atoms with E-state index in [0.717, 1.165) is 31.5 Å². The summed E-state index contributed by atoms with van der Waals surface area (Å²) < 4.78 is 0. The highest BCUT2D eigenvalue weighted by molar-refractivity contribution is 7.99. The quantitative estimate of drug-likeness (QED) is 0.325. The summed E-state index contributed by atoms with van der Waals surface area (Å²) in [5, 5.41) is 19.8. The fraction of sp³-hybridized carbons (Fsp3) is 0.400. The molecular weight excluding hydrogens is 304 g/mol. The topological polar surface area (TPSA) is 83.7 Å². The van der Waals surface area contributed by atoms with E-state index in [2.05, 4.69) is 18.7 Å². The first-order valence-corrected chi connectivity index (χ1v) is 8.01. The third kappa shape index (κ3) is 5.87. The number of hydrogen-bond donors (Lipinski definition) is 1. The van der Waals surface area contributed by atoms with Crippen molar-refractivity contribution in [2.24, 2.45) is 0 Å². The van der Waals surface area contributed by atoms with Gasteiger partial charge in [-0.1, -0.05) is 19.9 Å². The lowest BCUT2D eigenvalue weighted by Gasteiger charge is -2.17. The molecule has 120 valence electrons. The van der Waals surface area contributed by atoms with E-state index in [4.69, 9.17) is 5.11 Å². The van der Waals surface area contributed by atoms with Crippen LogP contribution >= 0.6 is 11.8 Å². The van der Waals surface area contributed by atoms with Crippen molar-refractivity contribution in [3.05, 3.63) is 40.0 Å². The highest BCUT2D eigenvalue weighted by atomic mass is 32.2. The minimum Gasteiger partial charge on any atom is -0.478 e. The van der Waals surface area contributed by atoms with E-state index in [0.29, 0.717) is 10.5 Å². The number of rotatable bonds is 9. The van der Waals surface area contributed by atoms with Gasteiger partial charge in [0.2, 0.25) is 0 Å². The molecule has 0 amide bonds. The summed E-state index contributed by atoms with van der Waals surface area (Å²) in [4.78, 5) is 24.1. The van der Waals surface area contributed by atoms with Gasteiger partial charge < -0.3 is 10.0 Å². The lowest BCUT2D eigenvalue weighted by Crippen LogP contribution is -2.25. The van der Waals surface area contributed by atoms with Crippen molar-refractivity contribution in [3.63, 3.8) is 0 Å². The number of hydrogen-bond acceptors (Lipinski definition) is 5. The predicted molar refractivity (Wildman–Crippen MR) is 88.3 cm³/mol. The largest absolute Gasteiger partial charge is 0.478 e. The molecule has 0 aliphatic heterocycles. The van der Waals surface area contributed by atoms with Crippen molar-refractivity contribution in [1.29, 1.82) is 0 Å². The number of benzene rings is 1. The minimum absolute atomic E-state index is 0.0112. The van der Waals surface area contributed by atoms with Crippen LogP contribution in [-0.2, 0) is 4.79 Å². The molecule has 1 rings (SSSR count). The van der Waals surface area contributed by atoms with Crippen LogP contribution in [0, 0.1) is 10.1 Å². The fourth-order valence-electron chi connectivity index (χ4n) is 1.89. The van der Waals surface area contributed by atoms with Gasteiger partial charge in [0.05, 0.1) is 9.82 Å². The van der Waals surface area contributed by atoms with E-state index >= 15 is 0 Å². The van der Waals surface area contributed by atoms with Crippen LogP contribution in [0.5, 0.6) is 0 Å². The van der Waals surface area contributed by atoms with Crippen molar-refractivity contribution in [2.45, 2.75) is 18.7 Å². The first kappa shape index (κ1) is 18.2. The molecule has 1 aromatic rings. The standard InChI is InChI=1S/C15H20N2O4S/c1-3-16(4-2)9-10-22-14-7-5-12(6-8-15(18)19)11-13(14)17(20)21/h5-8,11H,3-4,9-10H2,1-2H3,(H,18,19)/b8-6+. The Balaban J connectivity index is 2.82. The Morgan fingerprint density at radius 1 is 1.41 bits per heavy atom. The molecule has 1 N–H and O–H groups in total. The van der Waals surface area contributed by atoms with E-state index in [9.17, 15) is 14.9 Å². The molecule has 22 heavy (non-hydrogen) atoms. The summed E-state index contributed by atoms with van der Waals surface area (Å²) in [6.07, 6.45) is 2.31. The average molecular weight is 324 g/mol. The van der Waals surface area contributed by atoms with Crippen molar-refractivity contribution in [1.82, 2.24) is 4.90 Å². The summed E-state index contributed by atoms with van der Waals surface area (Å²) >= 11 is 1.44. The molecule has 0 unspecified atom stereocenters. The lowest BCUT2D eigenvalue weighted by molar-refractivity contribution is -0.387. The van der Waals surface area contributed by atoms with Crippen LogP contribution in [0.1, 0.15) is 19.4 Å². The number of carboxylic acid groups (broad SMARTS) is 1. The molecule has 0 saturated heterocycles. The zero-order chi connectivity index (χ0) is 16.5. The zero-order valence-electron chi connectivity index (χ0n) is 12.7. The van der Waals surface area contributed by atoms with Gasteiger partial charge in [-0.15, -0.1) is 11.8 Å². The molecule has 7 heteroatoms. The number of nitro benzene ring substituents is 1. The van der Waals surface area contributed by atoms with Gasteiger partial charge in [0.25, 0.3) is 5.69 Å². The maximum atomic E-state index is 11.2. The van der Waals surface area contributed by atoms with Crippen molar-refractivity contribution in [3.8, 4) is 0 Å². The number of carbonyl (C=O) groups is 1. The van der Waals surface area contributed by atoms with Gasteiger partial charge in [0.1, 0.15) is 0 Å². The van der Waals surface area contributed by atoms with Gasteiger partial charge in [0.15, 0.2) is 0 Å². The van der Waals surface area contributed by atoms with E-state index in [1.807, 2.05) is 0 Å². The Labute approximate surface area is 134 Å². The third-order valence-corrected chi connectivity index (χ3v) is 4.20. The normalized spacial score (nSPS) is 11.2. The summed E-state index contributed by atoms with van der Waals surface area (Å²) in [6, 6.07) is 4.76. The Morgan fingerprint density at radius 2 is 2.09 bits per heavy atom. The lowest BCUT2D eigenvalue weighted by atomic mass is 10.2. The van der Waals surface area contributed by atoms with E-state index in [1.54, 1.807) is 12.1 Å². The molecular formula is C15H20N2O4S. The second-order valence-electron chi connectivity index (χ2n) is 4.53. The van der Waals surface area contributed by atoms with Gasteiger partial charge in [-0.25, -0.2) is 4.79 Å². The summed E-state index contributed by atoms with van der Waals surface area (Å²) in [5.41, 5.74) is 0.513. The SMILES string of the molecule is CCN(CC)CCSc1ccc(/C=C/C(=O)O)cc1[N+](=O)[O-]. The van der Waals surface area contributed by atoms with Crippen LogP contribution < -0.4 is 0 Å². The smallest absolute Gasteiger partial charge is 0.328 e. The second-order valence-corrected chi connectivity index (χ2v) is 5.67. The van der Waals surface area contributed by atoms with E-state index < -0.39 is 10.9 Å². The number of carboxylic acids is 1. The summed E-state index contributed by atoms with van der Waals surface area (Å²) in [7, 11) is 0. The van der Waals surface area contributed by atoms with Crippen LogP contribution in [0.15, 0.2) is 29.2 Å². The van der Waals surface area contributed by atoms with Gasteiger partial charge in [-0.2, -0.15) is 0 Å². The summed E-state index contributed by atoms with van der Waals surface area (Å²) in [5.74, 6) is -0.312.